The van der Waals surface area contributed by atoms with Gasteiger partial charge in [0.2, 0.25) is 0 Å². The molecule has 3 nitrogen and oxygen atoms in total. The molecule has 0 radical (unpaired) electrons. The van der Waals surface area contributed by atoms with Crippen LogP contribution in [0, 0.1) is 17.6 Å². The molecule has 0 aliphatic rings. The Morgan fingerprint density at radius 1 is 1.28 bits per heavy atom. The minimum Gasteiger partial charge on any atom is -0.696 e. The lowest BCUT2D eigenvalue weighted by Gasteiger charge is -2.00. The second kappa shape index (κ2) is 11.0. The van der Waals surface area contributed by atoms with Gasteiger partial charge in [-0.05, 0) is 12.8 Å². The molecule has 1 heterocycles. The number of imidazole rings is 1. The number of aromatic nitrogens is 2. The fourth-order valence-electron chi connectivity index (χ4n) is 1.90. The van der Waals surface area contributed by atoms with E-state index in [2.05, 4.69) is 55.1 Å². The number of hydrogen-bond donors (Lipinski definition) is 0. The van der Waals surface area contributed by atoms with Crippen LogP contribution >= 0.6 is 0 Å². The average Bonchev–Trinajstić information content (AvgIpc) is 2.66. The molecule has 0 aromatic carbocycles. The molecule has 18 heavy (non-hydrogen) atoms. The van der Waals surface area contributed by atoms with E-state index in [-0.39, 0.29) is 0 Å². The Morgan fingerprint density at radius 3 is 2.33 bits per heavy atom. The van der Waals surface area contributed by atoms with Gasteiger partial charge in [-0.3, -0.25) is 0 Å². The number of rotatable bonds is 7. The van der Waals surface area contributed by atoms with Gasteiger partial charge >= 0.3 is 0 Å². The Balaban J connectivity index is 0.000000873. The van der Waals surface area contributed by atoms with E-state index >= 15 is 0 Å². The van der Waals surface area contributed by atoms with Crippen molar-refractivity contribution in [3.8, 4) is 5.40 Å². The number of nitrogens with zero attached hydrogens (tertiary/aromatic N) is 3. The van der Waals surface area contributed by atoms with Crippen LogP contribution in [0.1, 0.15) is 51.3 Å². The largest absolute Gasteiger partial charge is 0.696 e. The first-order valence-corrected chi connectivity index (χ1v) is 7.10. The monoisotopic (exact) mass is 267 g/mol. The van der Waals surface area contributed by atoms with Crippen LogP contribution in [0.25, 0.3) is 0 Å². The van der Waals surface area contributed by atoms with Gasteiger partial charge in [-0.1, -0.05) is 38.0 Å². The fourth-order valence-corrected chi connectivity index (χ4v) is 1.90. The van der Waals surface area contributed by atoms with Gasteiger partial charge in [-0.2, -0.15) is 0 Å². The van der Waals surface area contributed by atoms with E-state index < -0.39 is 0 Å². The van der Waals surface area contributed by atoms with Crippen LogP contribution in [0.2, 0.25) is 0 Å². The van der Waals surface area contributed by atoms with E-state index in [4.69, 9.17) is 5.26 Å². The van der Waals surface area contributed by atoms with Crippen LogP contribution in [0.4, 0.5) is 0 Å². The minimum absolute atomic E-state index is 1.18. The molecule has 0 amide bonds. The van der Waals surface area contributed by atoms with Crippen molar-refractivity contribution in [1.29, 1.82) is 5.26 Å². The fraction of sp³-hybridized carbons (Fsp3) is 0.714. The van der Waals surface area contributed by atoms with E-state index in [1.807, 2.05) is 0 Å². The highest BCUT2D eigenvalue weighted by Gasteiger charge is 2.07. The number of nitriles is 1. The van der Waals surface area contributed by atoms with Crippen LogP contribution in [0.3, 0.4) is 0 Å². The second-order valence-corrected chi connectivity index (χ2v) is 4.69. The predicted molar refractivity (Wildman–Crippen MR) is 76.7 cm³/mol. The molecule has 0 unspecified atom stereocenters. The molecule has 0 saturated heterocycles. The van der Waals surface area contributed by atoms with Crippen molar-refractivity contribution in [1.82, 2.24) is 4.57 Å². The van der Waals surface area contributed by atoms with E-state index in [0.717, 1.165) is 0 Å². The molecule has 102 valence electrons. The van der Waals surface area contributed by atoms with Gasteiger partial charge in [0.15, 0.2) is 0 Å². The average molecular weight is 267 g/mol. The summed E-state index contributed by atoms with van der Waals surface area (Å²) in [5, 5.41) is 8.47. The number of unbranched alkanes of at least 4 members (excludes halogenated alkanes) is 5. The smallest absolute Gasteiger partial charge is 0.253 e. The quantitative estimate of drug-likeness (QED) is 0.329. The highest BCUT2D eigenvalue weighted by Crippen LogP contribution is 2.04. The lowest BCUT2D eigenvalue weighted by atomic mass is 10.1. The Hall–Kier alpha value is -1.08. The molecular formula is C14H25N3S. The predicted octanol–water partition coefficient (Wildman–Crippen LogP) is 3.00. The number of aryl methyl sites for hydroxylation is 2. The summed E-state index contributed by atoms with van der Waals surface area (Å²) in [6.07, 6.45) is 12.6. The molecule has 0 aliphatic carbocycles. The summed E-state index contributed by atoms with van der Waals surface area (Å²) < 4.78 is 4.52. The first kappa shape index (κ1) is 16.9. The van der Waals surface area contributed by atoms with Crippen molar-refractivity contribution in [2.75, 3.05) is 0 Å². The molecule has 1 aromatic rings. The minimum atomic E-state index is 1.18. The van der Waals surface area contributed by atoms with Crippen LogP contribution < -0.4 is 4.57 Å². The first-order valence-electron chi connectivity index (χ1n) is 6.70. The van der Waals surface area contributed by atoms with Crippen molar-refractivity contribution in [2.24, 2.45) is 7.05 Å². The van der Waals surface area contributed by atoms with Crippen molar-refractivity contribution < 1.29 is 4.57 Å². The van der Waals surface area contributed by atoms with Crippen molar-refractivity contribution in [3.63, 3.8) is 0 Å². The van der Waals surface area contributed by atoms with Crippen molar-refractivity contribution in [2.45, 2.75) is 58.9 Å². The maximum Gasteiger partial charge on any atom is 0.253 e. The third kappa shape index (κ3) is 7.29. The van der Waals surface area contributed by atoms with Crippen LogP contribution in [0.5, 0.6) is 0 Å². The summed E-state index contributed by atoms with van der Waals surface area (Å²) in [6, 6.07) is 0. The Bertz CT molecular complexity index is 352. The maximum absolute atomic E-state index is 7.13. The van der Waals surface area contributed by atoms with E-state index in [9.17, 15) is 0 Å². The van der Waals surface area contributed by atoms with E-state index in [1.165, 1.54) is 56.3 Å². The van der Waals surface area contributed by atoms with Gasteiger partial charge in [0, 0.05) is 6.92 Å². The third-order valence-corrected chi connectivity index (χ3v) is 3.15. The first-order chi connectivity index (χ1) is 8.67. The molecule has 0 N–H and O–H groups in total. The lowest BCUT2D eigenvalue weighted by molar-refractivity contribution is -0.702. The molecule has 4 heteroatoms. The van der Waals surface area contributed by atoms with Crippen LogP contribution in [-0.4, -0.2) is 4.57 Å². The molecule has 1 aromatic heterocycles. The molecule has 0 aliphatic heterocycles. The van der Waals surface area contributed by atoms with Crippen LogP contribution in [0.15, 0.2) is 12.4 Å². The van der Waals surface area contributed by atoms with Crippen LogP contribution in [-0.2, 0) is 26.2 Å². The number of hydrogen-bond acceptors (Lipinski definition) is 2. The van der Waals surface area contributed by atoms with Gasteiger partial charge in [0.1, 0.15) is 12.4 Å². The van der Waals surface area contributed by atoms with E-state index in [0.29, 0.717) is 0 Å². The standard InChI is InChI=1S/C13H25N2.CHNS/c1-4-5-6-7-8-9-10-15-12-11-14(3)13(15)2;2-1-3/h11-12H,4-10H2,1-3H3;3H/q+1;/p-1. The molecule has 1 rings (SSSR count). The van der Waals surface area contributed by atoms with Gasteiger partial charge in [-0.25, -0.2) is 14.4 Å². The summed E-state index contributed by atoms with van der Waals surface area (Å²) in [7, 11) is 2.10. The Kier molecular flexibility index (Phi) is 10.4. The van der Waals surface area contributed by atoms with E-state index in [1.54, 1.807) is 0 Å². The molecule has 0 atom stereocenters. The highest BCUT2D eigenvalue weighted by atomic mass is 32.1. The summed E-state index contributed by atoms with van der Waals surface area (Å²) in [6.45, 7) is 5.62. The van der Waals surface area contributed by atoms with Gasteiger partial charge in [0.05, 0.1) is 13.6 Å². The third-order valence-electron chi connectivity index (χ3n) is 3.15. The number of thiocyanates is 1. The zero-order valence-electron chi connectivity index (χ0n) is 11.9. The summed E-state index contributed by atoms with van der Waals surface area (Å²) in [5.74, 6) is 1.35. The summed E-state index contributed by atoms with van der Waals surface area (Å²) >= 11 is 3.70. The highest BCUT2D eigenvalue weighted by molar-refractivity contribution is 7.64. The maximum atomic E-state index is 7.13. The summed E-state index contributed by atoms with van der Waals surface area (Å²) in [4.78, 5) is 0. The topological polar surface area (TPSA) is 32.6 Å². The second-order valence-electron chi connectivity index (χ2n) is 4.51. The molecule has 0 fully saturated rings. The zero-order chi connectivity index (χ0) is 13.8. The van der Waals surface area contributed by atoms with Gasteiger partial charge in [0.25, 0.3) is 5.82 Å². The molecular weight excluding hydrogens is 242 g/mol. The zero-order valence-corrected chi connectivity index (χ0v) is 12.7. The normalized spacial score (nSPS) is 9.44. The van der Waals surface area contributed by atoms with Crippen molar-refractivity contribution >= 4 is 12.6 Å². The molecule has 0 spiro atoms. The Morgan fingerprint density at radius 2 is 1.83 bits per heavy atom. The summed E-state index contributed by atoms with van der Waals surface area (Å²) in [5.41, 5.74) is 0. The Labute approximate surface area is 117 Å². The van der Waals surface area contributed by atoms with Crippen molar-refractivity contribution in [3.05, 3.63) is 18.2 Å². The van der Waals surface area contributed by atoms with Gasteiger partial charge in [-0.15, -0.1) is 0 Å². The molecule has 0 saturated carbocycles. The van der Waals surface area contributed by atoms with Gasteiger partial charge < -0.3 is 12.6 Å². The molecule has 0 bridgehead atoms. The lowest BCUT2D eigenvalue weighted by Crippen LogP contribution is -2.35. The SMILES string of the molecule is CCCCCCCC[n+]1ccn(C)c1C.N#C[S-].